The van der Waals surface area contributed by atoms with E-state index in [0.717, 1.165) is 19.6 Å². The monoisotopic (exact) mass is 221 g/mol. The van der Waals surface area contributed by atoms with Gasteiger partial charge in [0.05, 0.1) is 13.2 Å². The molecule has 3 nitrogen and oxygen atoms in total. The predicted molar refractivity (Wildman–Crippen MR) is 62.8 cm³/mol. The molecular weight excluding hydrogens is 202 g/mol. The van der Waals surface area contributed by atoms with Gasteiger partial charge in [-0.3, -0.25) is 4.90 Å². The first kappa shape index (κ1) is 11.6. The van der Waals surface area contributed by atoms with Crippen molar-refractivity contribution in [2.24, 2.45) is 5.41 Å². The molecule has 0 spiro atoms. The van der Waals surface area contributed by atoms with Crippen LogP contribution in [0.4, 0.5) is 0 Å². The molecule has 1 heterocycles. The van der Waals surface area contributed by atoms with Crippen LogP contribution in [0.2, 0.25) is 0 Å². The van der Waals surface area contributed by atoms with Gasteiger partial charge < -0.3 is 10.2 Å². The van der Waals surface area contributed by atoms with E-state index < -0.39 is 5.41 Å². The van der Waals surface area contributed by atoms with E-state index in [9.17, 15) is 10.2 Å². The van der Waals surface area contributed by atoms with Gasteiger partial charge in [-0.2, -0.15) is 0 Å². The normalized spacial score (nSPS) is 16.4. The van der Waals surface area contributed by atoms with Crippen molar-refractivity contribution < 1.29 is 10.2 Å². The SMILES string of the molecule is CC(CO)(CO)CN1Cc2ccccc2C1. The van der Waals surface area contributed by atoms with Crippen molar-refractivity contribution in [2.45, 2.75) is 20.0 Å². The topological polar surface area (TPSA) is 43.7 Å². The minimum atomic E-state index is -0.401. The van der Waals surface area contributed by atoms with Crippen LogP contribution in [-0.4, -0.2) is 34.9 Å². The van der Waals surface area contributed by atoms with Gasteiger partial charge in [-0.1, -0.05) is 31.2 Å². The summed E-state index contributed by atoms with van der Waals surface area (Å²) in [7, 11) is 0. The molecule has 1 aromatic rings. The van der Waals surface area contributed by atoms with Gasteiger partial charge in [0.15, 0.2) is 0 Å². The quantitative estimate of drug-likeness (QED) is 0.797. The Balaban J connectivity index is 2.02. The van der Waals surface area contributed by atoms with E-state index in [4.69, 9.17) is 0 Å². The van der Waals surface area contributed by atoms with Gasteiger partial charge in [0, 0.05) is 25.0 Å². The van der Waals surface area contributed by atoms with E-state index in [1.54, 1.807) is 0 Å². The number of benzene rings is 1. The van der Waals surface area contributed by atoms with E-state index in [0.29, 0.717) is 0 Å². The molecule has 0 aliphatic carbocycles. The Hall–Kier alpha value is -0.900. The van der Waals surface area contributed by atoms with E-state index in [2.05, 4.69) is 29.2 Å². The highest BCUT2D eigenvalue weighted by molar-refractivity contribution is 5.30. The highest BCUT2D eigenvalue weighted by Crippen LogP contribution is 2.26. The summed E-state index contributed by atoms with van der Waals surface area (Å²) < 4.78 is 0. The summed E-state index contributed by atoms with van der Waals surface area (Å²) >= 11 is 0. The first-order chi connectivity index (χ1) is 7.67. The Morgan fingerprint density at radius 1 is 1.12 bits per heavy atom. The Morgan fingerprint density at radius 3 is 2.06 bits per heavy atom. The fourth-order valence-electron chi connectivity index (χ4n) is 2.21. The van der Waals surface area contributed by atoms with Crippen molar-refractivity contribution in [2.75, 3.05) is 19.8 Å². The Bertz CT molecular complexity index is 336. The zero-order valence-corrected chi connectivity index (χ0v) is 9.69. The van der Waals surface area contributed by atoms with E-state index >= 15 is 0 Å². The molecule has 1 aromatic carbocycles. The van der Waals surface area contributed by atoms with Crippen molar-refractivity contribution in [3.05, 3.63) is 35.4 Å². The number of rotatable bonds is 4. The molecule has 0 radical (unpaired) electrons. The molecular formula is C13H19NO2. The maximum absolute atomic E-state index is 9.28. The van der Waals surface area contributed by atoms with Crippen molar-refractivity contribution >= 4 is 0 Å². The van der Waals surface area contributed by atoms with Gasteiger partial charge in [0.25, 0.3) is 0 Å². The van der Waals surface area contributed by atoms with Crippen LogP contribution < -0.4 is 0 Å². The second kappa shape index (κ2) is 4.53. The molecule has 0 saturated carbocycles. The molecule has 1 aliphatic rings. The predicted octanol–water partition coefficient (Wildman–Crippen LogP) is 0.993. The molecule has 2 rings (SSSR count). The molecule has 0 unspecified atom stereocenters. The summed E-state index contributed by atoms with van der Waals surface area (Å²) in [5.41, 5.74) is 2.32. The van der Waals surface area contributed by atoms with Gasteiger partial charge in [0.1, 0.15) is 0 Å². The lowest BCUT2D eigenvalue weighted by atomic mass is 9.92. The minimum Gasteiger partial charge on any atom is -0.396 e. The zero-order chi connectivity index (χ0) is 11.6. The first-order valence-electron chi connectivity index (χ1n) is 5.68. The molecule has 1 aliphatic heterocycles. The van der Waals surface area contributed by atoms with Crippen molar-refractivity contribution in [3.63, 3.8) is 0 Å². The van der Waals surface area contributed by atoms with Gasteiger partial charge in [0.2, 0.25) is 0 Å². The second-order valence-electron chi connectivity index (χ2n) is 5.04. The molecule has 3 heteroatoms. The lowest BCUT2D eigenvalue weighted by molar-refractivity contribution is 0.0340. The number of fused-ring (bicyclic) bond motifs is 1. The van der Waals surface area contributed by atoms with Crippen molar-refractivity contribution in [1.29, 1.82) is 0 Å². The Morgan fingerprint density at radius 2 is 1.62 bits per heavy atom. The number of aliphatic hydroxyl groups is 2. The fraction of sp³-hybridized carbons (Fsp3) is 0.538. The molecule has 0 amide bonds. The van der Waals surface area contributed by atoms with Gasteiger partial charge >= 0.3 is 0 Å². The van der Waals surface area contributed by atoms with Crippen LogP contribution >= 0.6 is 0 Å². The van der Waals surface area contributed by atoms with Gasteiger partial charge in [-0.05, 0) is 11.1 Å². The maximum atomic E-state index is 9.28. The molecule has 0 atom stereocenters. The summed E-state index contributed by atoms with van der Waals surface area (Å²) in [6.45, 7) is 4.54. The number of aliphatic hydroxyl groups excluding tert-OH is 2. The molecule has 0 saturated heterocycles. The largest absolute Gasteiger partial charge is 0.396 e. The maximum Gasteiger partial charge on any atom is 0.0519 e. The lowest BCUT2D eigenvalue weighted by Gasteiger charge is -2.29. The highest BCUT2D eigenvalue weighted by Gasteiger charge is 2.28. The lowest BCUT2D eigenvalue weighted by Crippen LogP contribution is -2.38. The third-order valence-electron chi connectivity index (χ3n) is 3.28. The minimum absolute atomic E-state index is 0.0242. The Labute approximate surface area is 96.3 Å². The standard InChI is InChI=1S/C13H19NO2/c1-13(9-15,10-16)8-14-6-11-4-2-3-5-12(11)7-14/h2-5,15-16H,6-10H2,1H3. The zero-order valence-electron chi connectivity index (χ0n) is 9.69. The molecule has 0 aromatic heterocycles. The van der Waals surface area contributed by atoms with Crippen molar-refractivity contribution in [3.8, 4) is 0 Å². The summed E-state index contributed by atoms with van der Waals surface area (Å²) in [5, 5.41) is 18.6. The number of hydrogen-bond donors (Lipinski definition) is 2. The number of nitrogens with zero attached hydrogens (tertiary/aromatic N) is 1. The van der Waals surface area contributed by atoms with Gasteiger partial charge in [-0.25, -0.2) is 0 Å². The van der Waals surface area contributed by atoms with Crippen LogP contribution in [0.5, 0.6) is 0 Å². The average molecular weight is 221 g/mol. The average Bonchev–Trinajstić information content (AvgIpc) is 2.70. The summed E-state index contributed by atoms with van der Waals surface area (Å²) in [6.07, 6.45) is 0. The van der Waals surface area contributed by atoms with Crippen LogP contribution in [0.25, 0.3) is 0 Å². The molecule has 88 valence electrons. The first-order valence-corrected chi connectivity index (χ1v) is 5.68. The van der Waals surface area contributed by atoms with E-state index in [1.165, 1.54) is 11.1 Å². The van der Waals surface area contributed by atoms with Crippen LogP contribution in [0.3, 0.4) is 0 Å². The van der Waals surface area contributed by atoms with Crippen LogP contribution in [0.15, 0.2) is 24.3 Å². The molecule has 0 fully saturated rings. The highest BCUT2D eigenvalue weighted by atomic mass is 16.3. The second-order valence-corrected chi connectivity index (χ2v) is 5.04. The van der Waals surface area contributed by atoms with Crippen LogP contribution in [-0.2, 0) is 13.1 Å². The summed E-state index contributed by atoms with van der Waals surface area (Å²) in [4.78, 5) is 2.27. The van der Waals surface area contributed by atoms with Crippen LogP contribution in [0.1, 0.15) is 18.1 Å². The van der Waals surface area contributed by atoms with Crippen molar-refractivity contribution in [1.82, 2.24) is 4.90 Å². The number of hydrogen-bond acceptors (Lipinski definition) is 3. The summed E-state index contributed by atoms with van der Waals surface area (Å²) in [5.74, 6) is 0. The fourth-order valence-corrected chi connectivity index (χ4v) is 2.21. The van der Waals surface area contributed by atoms with Crippen LogP contribution in [0, 0.1) is 5.41 Å². The third kappa shape index (κ3) is 2.26. The summed E-state index contributed by atoms with van der Waals surface area (Å²) in [6, 6.07) is 8.40. The molecule has 16 heavy (non-hydrogen) atoms. The molecule has 2 N–H and O–H groups in total. The molecule has 0 bridgehead atoms. The Kier molecular flexibility index (Phi) is 3.28. The van der Waals surface area contributed by atoms with E-state index in [-0.39, 0.29) is 13.2 Å². The van der Waals surface area contributed by atoms with E-state index in [1.807, 2.05) is 6.92 Å². The third-order valence-corrected chi connectivity index (χ3v) is 3.28. The van der Waals surface area contributed by atoms with Gasteiger partial charge in [-0.15, -0.1) is 0 Å². The smallest absolute Gasteiger partial charge is 0.0519 e.